The van der Waals surface area contributed by atoms with E-state index in [0.29, 0.717) is 11.0 Å². The number of aliphatic hydroxyl groups excluding tert-OH is 1. The first-order chi connectivity index (χ1) is 7.15. The van der Waals surface area contributed by atoms with Crippen LogP contribution in [0, 0.1) is 13.8 Å². The number of nitrogens with zero attached hydrogens (tertiary/aromatic N) is 2. The molecule has 1 rings (SSSR count). The highest BCUT2D eigenvalue weighted by atomic mass is 35.5. The molecule has 0 aliphatic carbocycles. The average molecular weight is 230 g/mol. The molecule has 0 fully saturated rings. The monoisotopic (exact) mass is 229 g/mol. The molecule has 0 unspecified atom stereocenters. The number of unbranched alkanes of at least 4 members (excludes halogenated alkanes) is 1. The van der Waals surface area contributed by atoms with E-state index < -0.39 is 0 Å². The Morgan fingerprint density at radius 1 is 1.27 bits per heavy atom. The number of hydrogen-bond donors (Lipinski definition) is 2. The molecular formula is C10H16ClN3O. The predicted octanol–water partition coefficient (Wildman–Crippen LogP) is 1.93. The smallest absolute Gasteiger partial charge is 0.137 e. The summed E-state index contributed by atoms with van der Waals surface area (Å²) < 4.78 is 0. The molecule has 0 aliphatic heterocycles. The Morgan fingerprint density at radius 2 is 2.00 bits per heavy atom. The summed E-state index contributed by atoms with van der Waals surface area (Å²) in [7, 11) is 0. The molecule has 1 aromatic heterocycles. The van der Waals surface area contributed by atoms with E-state index in [1.54, 1.807) is 0 Å². The number of nitrogens with one attached hydrogen (secondary N) is 1. The third kappa shape index (κ3) is 3.64. The SMILES string of the molecule is Cc1nc(Cl)c(C)c(NCCCCO)n1. The van der Waals surface area contributed by atoms with Crippen LogP contribution in [0.2, 0.25) is 5.15 Å². The lowest BCUT2D eigenvalue weighted by atomic mass is 10.3. The van der Waals surface area contributed by atoms with Crippen molar-refractivity contribution in [2.75, 3.05) is 18.5 Å². The van der Waals surface area contributed by atoms with Crippen molar-refractivity contribution in [3.05, 3.63) is 16.5 Å². The number of anilines is 1. The van der Waals surface area contributed by atoms with Crippen molar-refractivity contribution in [1.82, 2.24) is 9.97 Å². The van der Waals surface area contributed by atoms with E-state index >= 15 is 0 Å². The molecule has 0 saturated heterocycles. The quantitative estimate of drug-likeness (QED) is 0.599. The van der Waals surface area contributed by atoms with Crippen molar-refractivity contribution in [1.29, 1.82) is 0 Å². The van der Waals surface area contributed by atoms with E-state index in [2.05, 4.69) is 15.3 Å². The Morgan fingerprint density at radius 3 is 2.67 bits per heavy atom. The van der Waals surface area contributed by atoms with Crippen LogP contribution in [0.5, 0.6) is 0 Å². The second-order valence-corrected chi connectivity index (χ2v) is 3.75. The number of halogens is 1. The van der Waals surface area contributed by atoms with Crippen LogP contribution >= 0.6 is 11.6 Å². The van der Waals surface area contributed by atoms with Gasteiger partial charge in [0.1, 0.15) is 16.8 Å². The number of aliphatic hydroxyl groups is 1. The van der Waals surface area contributed by atoms with Crippen LogP contribution in [0.3, 0.4) is 0 Å². The molecule has 5 heteroatoms. The molecule has 0 amide bonds. The van der Waals surface area contributed by atoms with Crippen LogP contribution in [0.4, 0.5) is 5.82 Å². The van der Waals surface area contributed by atoms with Gasteiger partial charge in [0.2, 0.25) is 0 Å². The van der Waals surface area contributed by atoms with Crippen molar-refractivity contribution in [3.63, 3.8) is 0 Å². The van der Waals surface area contributed by atoms with Crippen LogP contribution in [0.15, 0.2) is 0 Å². The summed E-state index contributed by atoms with van der Waals surface area (Å²) in [5, 5.41) is 12.3. The van der Waals surface area contributed by atoms with Crippen molar-refractivity contribution in [3.8, 4) is 0 Å². The summed E-state index contributed by atoms with van der Waals surface area (Å²) >= 11 is 5.93. The molecule has 1 heterocycles. The van der Waals surface area contributed by atoms with Gasteiger partial charge in [-0.25, -0.2) is 9.97 Å². The van der Waals surface area contributed by atoms with E-state index in [-0.39, 0.29) is 6.61 Å². The maximum atomic E-state index is 8.63. The van der Waals surface area contributed by atoms with Gasteiger partial charge in [0.15, 0.2) is 0 Å². The largest absolute Gasteiger partial charge is 0.396 e. The highest BCUT2D eigenvalue weighted by Gasteiger charge is 2.05. The molecule has 0 aliphatic rings. The van der Waals surface area contributed by atoms with Gasteiger partial charge in [-0.3, -0.25) is 0 Å². The van der Waals surface area contributed by atoms with E-state index in [4.69, 9.17) is 16.7 Å². The maximum Gasteiger partial charge on any atom is 0.137 e. The number of rotatable bonds is 5. The molecule has 0 radical (unpaired) electrons. The molecule has 0 atom stereocenters. The normalized spacial score (nSPS) is 10.4. The van der Waals surface area contributed by atoms with Crippen molar-refractivity contribution in [2.45, 2.75) is 26.7 Å². The summed E-state index contributed by atoms with van der Waals surface area (Å²) in [6, 6.07) is 0. The molecule has 2 N–H and O–H groups in total. The molecule has 15 heavy (non-hydrogen) atoms. The second kappa shape index (κ2) is 5.88. The molecule has 0 bridgehead atoms. The lowest BCUT2D eigenvalue weighted by Gasteiger charge is -2.09. The van der Waals surface area contributed by atoms with Gasteiger partial charge in [-0.2, -0.15) is 0 Å². The Kier molecular flexibility index (Phi) is 4.78. The zero-order valence-corrected chi connectivity index (χ0v) is 9.80. The van der Waals surface area contributed by atoms with E-state index in [9.17, 15) is 0 Å². The van der Waals surface area contributed by atoms with Gasteiger partial charge >= 0.3 is 0 Å². The molecule has 1 aromatic rings. The molecule has 0 spiro atoms. The van der Waals surface area contributed by atoms with Gasteiger partial charge in [0.25, 0.3) is 0 Å². The van der Waals surface area contributed by atoms with E-state index in [1.807, 2.05) is 13.8 Å². The zero-order chi connectivity index (χ0) is 11.3. The van der Waals surface area contributed by atoms with Gasteiger partial charge in [0.05, 0.1) is 0 Å². The fourth-order valence-electron chi connectivity index (χ4n) is 1.21. The van der Waals surface area contributed by atoms with Crippen molar-refractivity contribution in [2.24, 2.45) is 0 Å². The number of aromatic nitrogens is 2. The fourth-order valence-corrected chi connectivity index (χ4v) is 1.42. The van der Waals surface area contributed by atoms with Crippen LogP contribution in [0.1, 0.15) is 24.2 Å². The van der Waals surface area contributed by atoms with Gasteiger partial charge in [-0.1, -0.05) is 11.6 Å². The van der Waals surface area contributed by atoms with E-state index in [0.717, 1.165) is 30.8 Å². The summed E-state index contributed by atoms with van der Waals surface area (Å²) in [6.45, 7) is 4.71. The summed E-state index contributed by atoms with van der Waals surface area (Å²) in [5.74, 6) is 1.45. The van der Waals surface area contributed by atoms with Gasteiger partial charge < -0.3 is 10.4 Å². The maximum absolute atomic E-state index is 8.63. The van der Waals surface area contributed by atoms with Crippen LogP contribution in [0.25, 0.3) is 0 Å². The molecule has 4 nitrogen and oxygen atoms in total. The molecule has 0 saturated carbocycles. The van der Waals surface area contributed by atoms with Gasteiger partial charge in [-0.15, -0.1) is 0 Å². The van der Waals surface area contributed by atoms with Crippen LogP contribution in [-0.2, 0) is 0 Å². The first-order valence-electron chi connectivity index (χ1n) is 5.00. The average Bonchev–Trinajstić information content (AvgIpc) is 2.19. The van der Waals surface area contributed by atoms with Crippen molar-refractivity contribution < 1.29 is 5.11 Å². The van der Waals surface area contributed by atoms with Crippen LogP contribution < -0.4 is 5.32 Å². The summed E-state index contributed by atoms with van der Waals surface area (Å²) in [5.41, 5.74) is 0.867. The topological polar surface area (TPSA) is 58.0 Å². The van der Waals surface area contributed by atoms with Gasteiger partial charge in [0, 0.05) is 18.7 Å². The predicted molar refractivity (Wildman–Crippen MR) is 61.3 cm³/mol. The molecule has 84 valence electrons. The standard InChI is InChI=1S/C10H16ClN3O/c1-7-9(11)13-8(2)14-10(7)12-5-3-4-6-15/h15H,3-6H2,1-2H3,(H,12,13,14). The number of aryl methyl sites for hydroxylation is 1. The molecule has 0 aromatic carbocycles. The fraction of sp³-hybridized carbons (Fsp3) is 0.600. The lowest BCUT2D eigenvalue weighted by Crippen LogP contribution is -2.07. The highest BCUT2D eigenvalue weighted by Crippen LogP contribution is 2.19. The first-order valence-corrected chi connectivity index (χ1v) is 5.38. The Balaban J connectivity index is 2.60. The summed E-state index contributed by atoms with van der Waals surface area (Å²) in [4.78, 5) is 8.31. The minimum Gasteiger partial charge on any atom is -0.396 e. The second-order valence-electron chi connectivity index (χ2n) is 3.39. The van der Waals surface area contributed by atoms with E-state index in [1.165, 1.54) is 0 Å². The minimum absolute atomic E-state index is 0.226. The Hall–Kier alpha value is -0.870. The zero-order valence-electron chi connectivity index (χ0n) is 9.05. The minimum atomic E-state index is 0.226. The Bertz CT molecular complexity index is 331. The highest BCUT2D eigenvalue weighted by molar-refractivity contribution is 6.30. The Labute approximate surface area is 94.7 Å². The van der Waals surface area contributed by atoms with Gasteiger partial charge in [-0.05, 0) is 26.7 Å². The third-order valence-electron chi connectivity index (χ3n) is 2.08. The first kappa shape index (κ1) is 12.2. The van der Waals surface area contributed by atoms with Crippen molar-refractivity contribution >= 4 is 17.4 Å². The third-order valence-corrected chi connectivity index (χ3v) is 2.44. The number of hydrogen-bond acceptors (Lipinski definition) is 4. The lowest BCUT2D eigenvalue weighted by molar-refractivity contribution is 0.286. The molecular weight excluding hydrogens is 214 g/mol. The summed E-state index contributed by atoms with van der Waals surface area (Å²) in [6.07, 6.45) is 1.71. The van der Waals surface area contributed by atoms with Crippen LogP contribution in [-0.4, -0.2) is 28.2 Å².